The van der Waals surface area contributed by atoms with Crippen molar-refractivity contribution in [3.63, 3.8) is 0 Å². The Bertz CT molecular complexity index is 513. The standard InChI is InChI=1S/C14H18N2O3/c1-4-8(2)15-14(18)10-5-6-11-12(7-10)19-9(3)13(17)16-11/h5-9H,4H2,1-3H3,(H,15,18)(H,16,17). The van der Waals surface area contributed by atoms with Crippen molar-refractivity contribution in [2.24, 2.45) is 0 Å². The molecule has 1 aromatic rings. The molecule has 2 N–H and O–H groups in total. The van der Waals surface area contributed by atoms with E-state index in [0.717, 1.165) is 6.42 Å². The van der Waals surface area contributed by atoms with E-state index >= 15 is 0 Å². The van der Waals surface area contributed by atoms with Crippen LogP contribution in [0.4, 0.5) is 5.69 Å². The van der Waals surface area contributed by atoms with Gasteiger partial charge in [-0.15, -0.1) is 0 Å². The van der Waals surface area contributed by atoms with Crippen molar-refractivity contribution in [1.82, 2.24) is 5.32 Å². The van der Waals surface area contributed by atoms with Crippen LogP contribution < -0.4 is 15.4 Å². The van der Waals surface area contributed by atoms with Gasteiger partial charge in [0.25, 0.3) is 11.8 Å². The number of nitrogens with one attached hydrogen (secondary N) is 2. The predicted molar refractivity (Wildman–Crippen MR) is 72.4 cm³/mol. The van der Waals surface area contributed by atoms with Crippen molar-refractivity contribution >= 4 is 17.5 Å². The summed E-state index contributed by atoms with van der Waals surface area (Å²) in [6, 6.07) is 5.15. The molecule has 5 heteroatoms. The van der Waals surface area contributed by atoms with Gasteiger partial charge in [-0.3, -0.25) is 9.59 Å². The van der Waals surface area contributed by atoms with Gasteiger partial charge < -0.3 is 15.4 Å². The van der Waals surface area contributed by atoms with Crippen molar-refractivity contribution in [2.45, 2.75) is 39.3 Å². The van der Waals surface area contributed by atoms with Crippen LogP contribution in [0.2, 0.25) is 0 Å². The maximum Gasteiger partial charge on any atom is 0.265 e. The maximum atomic E-state index is 12.0. The second kappa shape index (κ2) is 5.30. The Labute approximate surface area is 112 Å². The highest BCUT2D eigenvalue weighted by Crippen LogP contribution is 2.30. The van der Waals surface area contributed by atoms with E-state index in [1.54, 1.807) is 25.1 Å². The molecule has 2 atom stereocenters. The van der Waals surface area contributed by atoms with Crippen LogP contribution in [0.1, 0.15) is 37.6 Å². The highest BCUT2D eigenvalue weighted by molar-refractivity contribution is 6.00. The van der Waals surface area contributed by atoms with E-state index in [9.17, 15) is 9.59 Å². The summed E-state index contributed by atoms with van der Waals surface area (Å²) in [7, 11) is 0. The second-order valence-electron chi connectivity index (χ2n) is 4.74. The highest BCUT2D eigenvalue weighted by atomic mass is 16.5. The molecule has 0 radical (unpaired) electrons. The fraction of sp³-hybridized carbons (Fsp3) is 0.429. The molecule has 1 aromatic carbocycles. The summed E-state index contributed by atoms with van der Waals surface area (Å²) in [5.41, 5.74) is 1.13. The Balaban J connectivity index is 2.19. The maximum absolute atomic E-state index is 12.0. The normalized spacial score (nSPS) is 18.9. The Morgan fingerprint density at radius 3 is 2.95 bits per heavy atom. The van der Waals surface area contributed by atoms with E-state index in [0.29, 0.717) is 17.0 Å². The molecule has 2 amide bonds. The molecule has 19 heavy (non-hydrogen) atoms. The van der Waals surface area contributed by atoms with Crippen molar-refractivity contribution in [2.75, 3.05) is 5.32 Å². The molecule has 2 rings (SSSR count). The van der Waals surface area contributed by atoms with E-state index < -0.39 is 6.10 Å². The molecule has 102 valence electrons. The third-order valence-electron chi connectivity index (χ3n) is 3.16. The summed E-state index contributed by atoms with van der Waals surface area (Å²) in [6.07, 6.45) is 0.334. The van der Waals surface area contributed by atoms with E-state index in [1.165, 1.54) is 0 Å². The number of ether oxygens (including phenoxy) is 1. The molecule has 0 bridgehead atoms. The van der Waals surface area contributed by atoms with Gasteiger partial charge in [-0.1, -0.05) is 6.92 Å². The number of anilines is 1. The molecule has 0 aromatic heterocycles. The molecule has 0 spiro atoms. The minimum absolute atomic E-state index is 0.128. The fourth-order valence-corrected chi connectivity index (χ4v) is 1.75. The third-order valence-corrected chi connectivity index (χ3v) is 3.16. The van der Waals surface area contributed by atoms with Crippen LogP contribution in [0.5, 0.6) is 5.75 Å². The number of amides is 2. The van der Waals surface area contributed by atoms with Crippen LogP contribution in [0, 0.1) is 0 Å². The first-order chi connectivity index (χ1) is 9.01. The van der Waals surface area contributed by atoms with Crippen LogP contribution in [0.15, 0.2) is 18.2 Å². The predicted octanol–water partition coefficient (Wildman–Crippen LogP) is 1.93. The average molecular weight is 262 g/mol. The van der Waals surface area contributed by atoms with Crippen LogP contribution in [0.3, 0.4) is 0 Å². The monoisotopic (exact) mass is 262 g/mol. The summed E-state index contributed by atoms with van der Waals surface area (Å²) >= 11 is 0. The fourth-order valence-electron chi connectivity index (χ4n) is 1.75. The quantitative estimate of drug-likeness (QED) is 0.874. The van der Waals surface area contributed by atoms with E-state index in [1.807, 2.05) is 13.8 Å². The Morgan fingerprint density at radius 2 is 2.26 bits per heavy atom. The summed E-state index contributed by atoms with van der Waals surface area (Å²) in [5.74, 6) is 0.221. The second-order valence-corrected chi connectivity index (χ2v) is 4.74. The molecule has 0 aliphatic carbocycles. The largest absolute Gasteiger partial charge is 0.479 e. The van der Waals surface area contributed by atoms with Crippen molar-refractivity contribution in [3.05, 3.63) is 23.8 Å². The Kier molecular flexibility index (Phi) is 3.74. The smallest absolute Gasteiger partial charge is 0.265 e. The van der Waals surface area contributed by atoms with Gasteiger partial charge in [0.2, 0.25) is 0 Å². The van der Waals surface area contributed by atoms with Gasteiger partial charge in [0, 0.05) is 11.6 Å². The minimum atomic E-state index is -0.541. The summed E-state index contributed by atoms with van der Waals surface area (Å²) in [5, 5.41) is 5.62. The lowest BCUT2D eigenvalue weighted by Gasteiger charge is -2.23. The van der Waals surface area contributed by atoms with Crippen molar-refractivity contribution in [1.29, 1.82) is 0 Å². The van der Waals surface area contributed by atoms with Gasteiger partial charge in [0.05, 0.1) is 5.69 Å². The average Bonchev–Trinajstić information content (AvgIpc) is 2.39. The number of fused-ring (bicyclic) bond motifs is 1. The number of carbonyl (C=O) groups is 2. The zero-order chi connectivity index (χ0) is 14.0. The number of hydrogen-bond donors (Lipinski definition) is 2. The molecule has 0 saturated heterocycles. The minimum Gasteiger partial charge on any atom is -0.479 e. The molecule has 1 aliphatic rings. The highest BCUT2D eigenvalue weighted by Gasteiger charge is 2.24. The van der Waals surface area contributed by atoms with Crippen molar-refractivity contribution in [3.8, 4) is 5.75 Å². The van der Waals surface area contributed by atoms with Gasteiger partial charge in [-0.2, -0.15) is 0 Å². The SMILES string of the molecule is CCC(C)NC(=O)c1ccc2c(c1)OC(C)C(=O)N2. The summed E-state index contributed by atoms with van der Waals surface area (Å²) < 4.78 is 5.47. The molecular formula is C14H18N2O3. The molecular weight excluding hydrogens is 244 g/mol. The zero-order valence-corrected chi connectivity index (χ0v) is 11.3. The molecule has 0 saturated carbocycles. The van der Waals surface area contributed by atoms with E-state index in [2.05, 4.69) is 10.6 Å². The first kappa shape index (κ1) is 13.4. The van der Waals surface area contributed by atoms with E-state index in [-0.39, 0.29) is 17.9 Å². The van der Waals surface area contributed by atoms with Gasteiger partial charge in [-0.25, -0.2) is 0 Å². The first-order valence-corrected chi connectivity index (χ1v) is 6.43. The third kappa shape index (κ3) is 2.86. The molecule has 0 fully saturated rings. The lowest BCUT2D eigenvalue weighted by atomic mass is 10.1. The first-order valence-electron chi connectivity index (χ1n) is 6.43. The Morgan fingerprint density at radius 1 is 1.53 bits per heavy atom. The van der Waals surface area contributed by atoms with E-state index in [4.69, 9.17) is 4.74 Å². The molecule has 1 aliphatic heterocycles. The van der Waals surface area contributed by atoms with Crippen LogP contribution in [-0.4, -0.2) is 24.0 Å². The summed E-state index contributed by atoms with van der Waals surface area (Å²) in [4.78, 5) is 23.4. The Hall–Kier alpha value is -2.04. The van der Waals surface area contributed by atoms with Gasteiger partial charge >= 0.3 is 0 Å². The van der Waals surface area contributed by atoms with Gasteiger partial charge in [0.1, 0.15) is 5.75 Å². The molecule has 1 heterocycles. The molecule has 5 nitrogen and oxygen atoms in total. The number of hydrogen-bond acceptors (Lipinski definition) is 3. The van der Waals surface area contributed by atoms with Gasteiger partial charge in [-0.05, 0) is 38.5 Å². The topological polar surface area (TPSA) is 67.4 Å². The molecule has 2 unspecified atom stereocenters. The van der Waals surface area contributed by atoms with Crippen LogP contribution in [0.25, 0.3) is 0 Å². The zero-order valence-electron chi connectivity index (χ0n) is 11.3. The lowest BCUT2D eigenvalue weighted by molar-refractivity contribution is -0.122. The number of benzene rings is 1. The number of carbonyl (C=O) groups excluding carboxylic acids is 2. The van der Waals surface area contributed by atoms with Crippen LogP contribution >= 0.6 is 0 Å². The number of rotatable bonds is 3. The van der Waals surface area contributed by atoms with Crippen molar-refractivity contribution < 1.29 is 14.3 Å². The van der Waals surface area contributed by atoms with Gasteiger partial charge in [0.15, 0.2) is 6.10 Å². The summed E-state index contributed by atoms with van der Waals surface area (Å²) in [6.45, 7) is 5.64. The lowest BCUT2D eigenvalue weighted by Crippen LogP contribution is -2.35. The van der Waals surface area contributed by atoms with Crippen LogP contribution in [-0.2, 0) is 4.79 Å².